The van der Waals surface area contributed by atoms with Crippen molar-refractivity contribution < 1.29 is 0 Å². The van der Waals surface area contributed by atoms with Crippen LogP contribution >= 0.6 is 10.2 Å². The van der Waals surface area contributed by atoms with Crippen LogP contribution < -0.4 is 0 Å². The number of hydrogen-bond donors (Lipinski definition) is 0. The summed E-state index contributed by atoms with van der Waals surface area (Å²) in [5.74, 6) is 1.35. The van der Waals surface area contributed by atoms with Gasteiger partial charge in [0, 0.05) is 13.1 Å². The summed E-state index contributed by atoms with van der Waals surface area (Å²) < 4.78 is 2.75. The first-order valence-electron chi connectivity index (χ1n) is 5.13. The lowest BCUT2D eigenvalue weighted by atomic mass is 10.2. The van der Waals surface area contributed by atoms with Gasteiger partial charge >= 0.3 is 0 Å². The molecule has 0 bridgehead atoms. The van der Waals surface area contributed by atoms with Gasteiger partial charge in [-0.15, -0.1) is 0 Å². The van der Waals surface area contributed by atoms with Crippen LogP contribution in [0.3, 0.4) is 0 Å². The highest BCUT2D eigenvalue weighted by atomic mass is 32.3. The largest absolute Gasteiger partial charge is 0.268 e. The zero-order chi connectivity index (χ0) is 9.03. The molecule has 0 N–H and O–H groups in total. The highest BCUT2D eigenvalue weighted by molar-refractivity contribution is 8.30. The highest BCUT2D eigenvalue weighted by Crippen LogP contribution is 2.44. The van der Waals surface area contributed by atoms with E-state index >= 15 is 0 Å². The molecule has 0 aliphatic carbocycles. The minimum atomic E-state index is -0.411. The van der Waals surface area contributed by atoms with E-state index < -0.39 is 10.2 Å². The van der Waals surface area contributed by atoms with Crippen molar-refractivity contribution in [3.63, 3.8) is 0 Å². The second-order valence-electron chi connectivity index (χ2n) is 4.11. The molecule has 1 aliphatic rings. The first-order valence-corrected chi connectivity index (χ1v) is 7.70. The summed E-state index contributed by atoms with van der Waals surface area (Å²) in [6.45, 7) is 5.05. The Morgan fingerprint density at radius 2 is 1.50 bits per heavy atom. The van der Waals surface area contributed by atoms with Crippen LogP contribution in [0.1, 0.15) is 32.6 Å². The Balaban J connectivity index is 2.47. The Hall–Kier alpha value is 0.310. The third-order valence-corrected chi connectivity index (χ3v) is 6.15. The number of hydrogen-bond acceptors (Lipinski definition) is 1. The summed E-state index contributed by atoms with van der Waals surface area (Å²) in [5, 5.41) is 0. The zero-order valence-electron chi connectivity index (χ0n) is 8.81. The van der Waals surface area contributed by atoms with Crippen molar-refractivity contribution in [1.29, 1.82) is 0 Å². The average molecular weight is 189 g/mol. The van der Waals surface area contributed by atoms with Crippen molar-refractivity contribution in [3.8, 4) is 0 Å². The molecule has 1 aliphatic heterocycles. The van der Waals surface area contributed by atoms with Gasteiger partial charge in [-0.25, -0.2) is 0 Å². The van der Waals surface area contributed by atoms with Crippen LogP contribution in [0.25, 0.3) is 0 Å². The maximum Gasteiger partial charge on any atom is 0.00739 e. The Kier molecular flexibility index (Phi) is 3.91. The van der Waals surface area contributed by atoms with E-state index in [0.29, 0.717) is 0 Å². The quantitative estimate of drug-likeness (QED) is 0.645. The van der Waals surface area contributed by atoms with Crippen LogP contribution in [0.4, 0.5) is 0 Å². The summed E-state index contributed by atoms with van der Waals surface area (Å²) in [7, 11) is -0.411. The van der Waals surface area contributed by atoms with Gasteiger partial charge < -0.3 is 0 Å². The maximum absolute atomic E-state index is 2.75. The molecule has 0 saturated carbocycles. The van der Waals surface area contributed by atoms with E-state index in [-0.39, 0.29) is 0 Å². The molecule has 0 aromatic heterocycles. The second-order valence-corrected chi connectivity index (χ2v) is 8.17. The van der Waals surface area contributed by atoms with Crippen LogP contribution in [0.2, 0.25) is 0 Å². The van der Waals surface area contributed by atoms with Gasteiger partial charge in [-0.3, -0.25) is 4.31 Å². The van der Waals surface area contributed by atoms with E-state index in [1.54, 1.807) is 0 Å². The van der Waals surface area contributed by atoms with Gasteiger partial charge in [-0.05, 0) is 31.1 Å². The molecule has 0 aromatic rings. The molecule has 1 heterocycles. The Bertz CT molecular complexity index is 126. The maximum atomic E-state index is 2.75. The van der Waals surface area contributed by atoms with Gasteiger partial charge in [0.2, 0.25) is 0 Å². The molecule has 1 nitrogen and oxygen atoms in total. The van der Waals surface area contributed by atoms with Crippen LogP contribution in [-0.4, -0.2) is 35.7 Å². The Morgan fingerprint density at radius 1 is 1.00 bits per heavy atom. The van der Waals surface area contributed by atoms with E-state index in [1.807, 2.05) is 0 Å². The minimum absolute atomic E-state index is 0.411. The van der Waals surface area contributed by atoms with Crippen molar-refractivity contribution in [1.82, 2.24) is 4.31 Å². The van der Waals surface area contributed by atoms with Gasteiger partial charge in [0.05, 0.1) is 0 Å². The standard InChI is InChI=1S/C10H23NS/c1-4-12(2,3)11-9-7-5-6-8-10-11/h4-10H2,1-3H3. The van der Waals surface area contributed by atoms with Crippen molar-refractivity contribution in [3.05, 3.63) is 0 Å². The third-order valence-electron chi connectivity index (χ3n) is 2.97. The fourth-order valence-corrected chi connectivity index (χ4v) is 3.33. The summed E-state index contributed by atoms with van der Waals surface area (Å²) in [5.41, 5.74) is 0. The molecule has 1 rings (SSSR count). The number of nitrogens with zero attached hydrogens (tertiary/aromatic N) is 1. The van der Waals surface area contributed by atoms with E-state index in [0.717, 1.165) is 0 Å². The molecular weight excluding hydrogens is 166 g/mol. The van der Waals surface area contributed by atoms with Crippen LogP contribution in [0.15, 0.2) is 0 Å². The fraction of sp³-hybridized carbons (Fsp3) is 1.00. The monoisotopic (exact) mass is 189 g/mol. The molecule has 0 spiro atoms. The molecule has 0 unspecified atom stereocenters. The normalized spacial score (nSPS) is 23.6. The topological polar surface area (TPSA) is 3.24 Å². The fourth-order valence-electron chi connectivity index (χ4n) is 1.72. The Morgan fingerprint density at radius 3 is 1.92 bits per heavy atom. The zero-order valence-corrected chi connectivity index (χ0v) is 9.62. The summed E-state index contributed by atoms with van der Waals surface area (Å²) >= 11 is 0. The van der Waals surface area contributed by atoms with E-state index in [4.69, 9.17) is 0 Å². The molecule has 0 amide bonds. The molecule has 1 fully saturated rings. The predicted molar refractivity (Wildman–Crippen MR) is 60.0 cm³/mol. The molecule has 1 saturated heterocycles. The SMILES string of the molecule is CCS(C)(C)N1CCCCCC1. The predicted octanol–water partition coefficient (Wildman–Crippen LogP) is 2.86. The first-order chi connectivity index (χ1) is 5.67. The molecule has 0 aromatic carbocycles. The lowest BCUT2D eigenvalue weighted by molar-refractivity contribution is 0.478. The lowest BCUT2D eigenvalue weighted by Gasteiger charge is -2.42. The molecule has 74 valence electrons. The van der Waals surface area contributed by atoms with Gasteiger partial charge in [0.25, 0.3) is 0 Å². The van der Waals surface area contributed by atoms with Crippen LogP contribution in [0, 0.1) is 0 Å². The van der Waals surface area contributed by atoms with E-state index in [2.05, 4.69) is 23.7 Å². The summed E-state index contributed by atoms with van der Waals surface area (Å²) in [6.07, 6.45) is 10.7. The smallest absolute Gasteiger partial charge is 0.00739 e. The van der Waals surface area contributed by atoms with Gasteiger partial charge in [0.15, 0.2) is 0 Å². The van der Waals surface area contributed by atoms with Crippen molar-refractivity contribution >= 4 is 10.2 Å². The van der Waals surface area contributed by atoms with Crippen molar-refractivity contribution in [2.75, 3.05) is 31.4 Å². The Labute approximate surface area is 79.0 Å². The summed E-state index contributed by atoms with van der Waals surface area (Å²) in [4.78, 5) is 0. The lowest BCUT2D eigenvalue weighted by Crippen LogP contribution is -2.28. The molecule has 12 heavy (non-hydrogen) atoms. The minimum Gasteiger partial charge on any atom is -0.268 e. The number of rotatable bonds is 2. The van der Waals surface area contributed by atoms with E-state index in [9.17, 15) is 0 Å². The van der Waals surface area contributed by atoms with Crippen LogP contribution in [0.5, 0.6) is 0 Å². The average Bonchev–Trinajstić information content (AvgIpc) is 2.32. The third kappa shape index (κ3) is 2.67. The molecular formula is C10H23NS. The molecule has 0 radical (unpaired) electrons. The molecule has 2 heteroatoms. The second kappa shape index (κ2) is 4.52. The van der Waals surface area contributed by atoms with Gasteiger partial charge in [-0.1, -0.05) is 19.8 Å². The summed E-state index contributed by atoms with van der Waals surface area (Å²) in [6, 6.07) is 0. The van der Waals surface area contributed by atoms with Crippen LogP contribution in [-0.2, 0) is 0 Å². The first kappa shape index (κ1) is 10.4. The van der Waals surface area contributed by atoms with E-state index in [1.165, 1.54) is 44.5 Å². The van der Waals surface area contributed by atoms with Gasteiger partial charge in [0.1, 0.15) is 0 Å². The van der Waals surface area contributed by atoms with Crippen molar-refractivity contribution in [2.24, 2.45) is 0 Å². The van der Waals surface area contributed by atoms with Gasteiger partial charge in [-0.2, -0.15) is 10.2 Å². The van der Waals surface area contributed by atoms with Crippen molar-refractivity contribution in [2.45, 2.75) is 32.6 Å². The highest BCUT2D eigenvalue weighted by Gasteiger charge is 2.20. The molecule has 0 atom stereocenters.